The van der Waals surface area contributed by atoms with E-state index in [9.17, 15) is 4.79 Å². The van der Waals surface area contributed by atoms with Crippen LogP contribution >= 0.6 is 23.2 Å². The average Bonchev–Trinajstić information content (AvgIpc) is 2.32. The van der Waals surface area contributed by atoms with Crippen LogP contribution < -0.4 is 0 Å². The summed E-state index contributed by atoms with van der Waals surface area (Å²) in [6.07, 6.45) is 0. The van der Waals surface area contributed by atoms with Gasteiger partial charge in [0.1, 0.15) is 0 Å². The van der Waals surface area contributed by atoms with Crippen molar-refractivity contribution in [1.29, 1.82) is 0 Å². The van der Waals surface area contributed by atoms with E-state index in [2.05, 4.69) is 0 Å². The van der Waals surface area contributed by atoms with Crippen LogP contribution in [0, 0.1) is 6.92 Å². The Hall–Kier alpha value is -1.51. The molecule has 0 aromatic heterocycles. The molecule has 0 spiro atoms. The van der Waals surface area contributed by atoms with Crippen LogP contribution in [0.25, 0.3) is 11.1 Å². The second-order valence-electron chi connectivity index (χ2n) is 3.91. The van der Waals surface area contributed by atoms with Crippen LogP contribution in [-0.2, 0) is 0 Å². The maximum Gasteiger partial charge on any atom is 0.337 e. The van der Waals surface area contributed by atoms with E-state index in [0.29, 0.717) is 5.02 Å². The van der Waals surface area contributed by atoms with Gasteiger partial charge in [-0.3, -0.25) is 0 Å². The zero-order chi connectivity index (χ0) is 13.3. The zero-order valence-electron chi connectivity index (χ0n) is 9.58. The van der Waals surface area contributed by atoms with E-state index < -0.39 is 5.97 Å². The summed E-state index contributed by atoms with van der Waals surface area (Å²) in [4.78, 5) is 10.9. The van der Waals surface area contributed by atoms with E-state index >= 15 is 0 Å². The van der Waals surface area contributed by atoms with E-state index in [4.69, 9.17) is 28.3 Å². The van der Waals surface area contributed by atoms with Gasteiger partial charge in [0.05, 0.1) is 10.6 Å². The summed E-state index contributed by atoms with van der Waals surface area (Å²) < 4.78 is 0. The lowest BCUT2D eigenvalue weighted by atomic mass is 9.99. The van der Waals surface area contributed by atoms with Crippen LogP contribution in [0.2, 0.25) is 10.0 Å². The predicted molar refractivity (Wildman–Crippen MR) is 73.6 cm³/mol. The monoisotopic (exact) mass is 280 g/mol. The minimum Gasteiger partial charge on any atom is -0.478 e. The van der Waals surface area contributed by atoms with Crippen LogP contribution in [0.3, 0.4) is 0 Å². The van der Waals surface area contributed by atoms with Crippen LogP contribution in [-0.4, -0.2) is 11.1 Å². The van der Waals surface area contributed by atoms with Crippen LogP contribution in [0.1, 0.15) is 15.9 Å². The molecule has 0 amide bonds. The number of carbonyl (C=O) groups is 1. The first-order valence-corrected chi connectivity index (χ1v) is 6.04. The smallest absolute Gasteiger partial charge is 0.337 e. The molecule has 2 aromatic carbocycles. The van der Waals surface area contributed by atoms with Gasteiger partial charge in [-0.1, -0.05) is 41.4 Å². The van der Waals surface area contributed by atoms with Gasteiger partial charge in [0, 0.05) is 5.02 Å². The molecule has 0 heterocycles. The Kier molecular flexibility index (Phi) is 3.60. The third-order valence-corrected chi connectivity index (χ3v) is 3.50. The molecule has 0 saturated heterocycles. The fourth-order valence-electron chi connectivity index (χ4n) is 1.78. The lowest BCUT2D eigenvalue weighted by Crippen LogP contribution is -1.97. The summed E-state index contributed by atoms with van der Waals surface area (Å²) in [6, 6.07) is 10.5. The molecule has 0 atom stereocenters. The molecule has 0 saturated carbocycles. The molecule has 0 bridgehead atoms. The van der Waals surface area contributed by atoms with E-state index in [0.717, 1.165) is 16.7 Å². The minimum atomic E-state index is -1.03. The third-order valence-electron chi connectivity index (χ3n) is 2.78. The number of benzene rings is 2. The highest BCUT2D eigenvalue weighted by molar-refractivity contribution is 6.34. The van der Waals surface area contributed by atoms with E-state index in [-0.39, 0.29) is 10.6 Å². The topological polar surface area (TPSA) is 37.3 Å². The highest BCUT2D eigenvalue weighted by Gasteiger charge is 2.11. The first-order valence-electron chi connectivity index (χ1n) is 5.29. The summed E-state index contributed by atoms with van der Waals surface area (Å²) in [5, 5.41) is 9.81. The highest BCUT2D eigenvalue weighted by atomic mass is 35.5. The van der Waals surface area contributed by atoms with E-state index in [1.807, 2.05) is 25.1 Å². The molecule has 92 valence electrons. The summed E-state index contributed by atoms with van der Waals surface area (Å²) in [7, 11) is 0. The number of halogens is 2. The molecule has 0 unspecified atom stereocenters. The molecule has 0 aliphatic carbocycles. The molecule has 0 fully saturated rings. The Labute approximate surface area is 115 Å². The van der Waals surface area contributed by atoms with E-state index in [1.54, 1.807) is 12.1 Å². The predicted octanol–water partition coefficient (Wildman–Crippen LogP) is 4.67. The Bertz CT molecular complexity index is 621. The lowest BCUT2D eigenvalue weighted by molar-refractivity contribution is 0.0697. The Balaban J connectivity index is 2.56. The van der Waals surface area contributed by atoms with Gasteiger partial charge >= 0.3 is 5.97 Å². The van der Waals surface area contributed by atoms with Gasteiger partial charge in [-0.2, -0.15) is 0 Å². The Morgan fingerprint density at radius 2 is 1.83 bits per heavy atom. The number of hydrogen-bond donors (Lipinski definition) is 1. The van der Waals surface area contributed by atoms with Crippen molar-refractivity contribution in [3.05, 3.63) is 57.6 Å². The van der Waals surface area contributed by atoms with Gasteiger partial charge in [-0.15, -0.1) is 0 Å². The molecule has 4 heteroatoms. The van der Waals surface area contributed by atoms with Gasteiger partial charge in [0.25, 0.3) is 0 Å². The number of carboxylic acids is 1. The van der Waals surface area contributed by atoms with Gasteiger partial charge in [0.15, 0.2) is 0 Å². The fourth-order valence-corrected chi connectivity index (χ4v) is 2.21. The SMILES string of the molecule is Cc1c(Cl)cccc1-c1ccc(C(=O)O)c(Cl)c1. The molecule has 18 heavy (non-hydrogen) atoms. The second-order valence-corrected chi connectivity index (χ2v) is 4.73. The maximum absolute atomic E-state index is 10.9. The van der Waals surface area contributed by atoms with Gasteiger partial charge in [-0.05, 0) is 41.8 Å². The fraction of sp³-hybridized carbons (Fsp3) is 0.0714. The van der Waals surface area contributed by atoms with Gasteiger partial charge in [-0.25, -0.2) is 4.79 Å². The molecule has 0 aliphatic rings. The van der Waals surface area contributed by atoms with Crippen molar-refractivity contribution in [2.75, 3.05) is 0 Å². The Morgan fingerprint density at radius 1 is 1.11 bits per heavy atom. The van der Waals surface area contributed by atoms with Gasteiger partial charge in [0.2, 0.25) is 0 Å². The number of aromatic carboxylic acids is 1. The van der Waals surface area contributed by atoms with Gasteiger partial charge < -0.3 is 5.11 Å². The average molecular weight is 281 g/mol. The number of hydrogen-bond acceptors (Lipinski definition) is 1. The summed E-state index contributed by atoms with van der Waals surface area (Å²) in [5.74, 6) is -1.03. The summed E-state index contributed by atoms with van der Waals surface area (Å²) in [5.41, 5.74) is 2.84. The largest absolute Gasteiger partial charge is 0.478 e. The Morgan fingerprint density at radius 3 is 2.44 bits per heavy atom. The highest BCUT2D eigenvalue weighted by Crippen LogP contribution is 2.31. The summed E-state index contributed by atoms with van der Waals surface area (Å²) >= 11 is 12.0. The molecule has 0 radical (unpaired) electrons. The third kappa shape index (κ3) is 2.35. The van der Waals surface area contributed by atoms with Crippen LogP contribution in [0.15, 0.2) is 36.4 Å². The molecule has 0 aliphatic heterocycles. The van der Waals surface area contributed by atoms with Crippen molar-refractivity contribution in [2.24, 2.45) is 0 Å². The van der Waals surface area contributed by atoms with E-state index in [1.165, 1.54) is 6.07 Å². The second kappa shape index (κ2) is 5.01. The van der Waals surface area contributed by atoms with Crippen molar-refractivity contribution in [1.82, 2.24) is 0 Å². The molecular formula is C14H10Cl2O2. The van der Waals surface area contributed by atoms with Crippen molar-refractivity contribution in [3.63, 3.8) is 0 Å². The van der Waals surface area contributed by atoms with Crippen LogP contribution in [0.4, 0.5) is 0 Å². The number of carboxylic acid groups (broad SMARTS) is 1. The number of rotatable bonds is 2. The minimum absolute atomic E-state index is 0.0973. The first-order chi connectivity index (χ1) is 8.50. The molecule has 2 nitrogen and oxygen atoms in total. The molecule has 1 N–H and O–H groups in total. The molecule has 2 rings (SSSR count). The quantitative estimate of drug-likeness (QED) is 0.868. The summed E-state index contributed by atoms with van der Waals surface area (Å²) in [6.45, 7) is 1.91. The van der Waals surface area contributed by atoms with Crippen molar-refractivity contribution < 1.29 is 9.90 Å². The maximum atomic E-state index is 10.9. The van der Waals surface area contributed by atoms with Crippen LogP contribution in [0.5, 0.6) is 0 Å². The lowest BCUT2D eigenvalue weighted by Gasteiger charge is -2.09. The first kappa shape index (κ1) is 12.9. The van der Waals surface area contributed by atoms with Crippen molar-refractivity contribution >= 4 is 29.2 Å². The van der Waals surface area contributed by atoms with Crippen molar-refractivity contribution in [3.8, 4) is 11.1 Å². The molecule has 2 aromatic rings. The molecular weight excluding hydrogens is 271 g/mol. The standard InChI is InChI=1S/C14H10Cl2O2/c1-8-10(3-2-4-12(8)15)9-5-6-11(14(17)18)13(16)7-9/h2-7H,1H3,(H,17,18). The normalized spacial score (nSPS) is 10.4. The zero-order valence-corrected chi connectivity index (χ0v) is 11.1. The van der Waals surface area contributed by atoms with Crippen molar-refractivity contribution in [2.45, 2.75) is 6.92 Å².